The first kappa shape index (κ1) is 25.7. The highest BCUT2D eigenvalue weighted by Crippen LogP contribution is 2.44. The third-order valence-corrected chi connectivity index (χ3v) is 9.63. The summed E-state index contributed by atoms with van der Waals surface area (Å²) in [5.74, 6) is 0. The zero-order valence-electron chi connectivity index (χ0n) is 22.9. The molecule has 0 atom stereocenters. The van der Waals surface area contributed by atoms with Gasteiger partial charge in [0, 0.05) is 8.95 Å². The number of hydrogen-bond donors (Lipinski definition) is 0. The molecule has 8 rings (SSSR count). The quantitative estimate of drug-likeness (QED) is 0.164. The third-order valence-electron chi connectivity index (χ3n) is 8.64. The van der Waals surface area contributed by atoms with Crippen LogP contribution in [0.15, 0.2) is 142 Å². The molecular formula is C40H26Br2. The van der Waals surface area contributed by atoms with E-state index in [1.165, 1.54) is 77.9 Å². The van der Waals surface area contributed by atoms with Crippen molar-refractivity contribution in [1.82, 2.24) is 0 Å². The molecule has 2 aliphatic carbocycles. The minimum Gasteiger partial charge on any atom is -0.0622 e. The molecule has 0 spiro atoms. The summed E-state index contributed by atoms with van der Waals surface area (Å²) >= 11 is 7.35. The Morgan fingerprint density at radius 1 is 0.357 bits per heavy atom. The molecule has 0 saturated carbocycles. The van der Waals surface area contributed by atoms with Gasteiger partial charge < -0.3 is 0 Å². The Morgan fingerprint density at radius 3 is 1.12 bits per heavy atom. The van der Waals surface area contributed by atoms with Crippen molar-refractivity contribution in [2.24, 2.45) is 0 Å². The minimum absolute atomic E-state index is 0.952. The second-order valence-corrected chi connectivity index (χ2v) is 13.0. The molecule has 0 aromatic heterocycles. The van der Waals surface area contributed by atoms with Crippen molar-refractivity contribution in [2.45, 2.75) is 12.8 Å². The molecular weight excluding hydrogens is 640 g/mol. The molecule has 0 N–H and O–H groups in total. The molecule has 0 unspecified atom stereocenters. The highest BCUT2D eigenvalue weighted by atomic mass is 79.9. The fourth-order valence-electron chi connectivity index (χ4n) is 6.79. The van der Waals surface area contributed by atoms with Crippen LogP contribution in [0.1, 0.15) is 44.5 Å². The number of fused-ring (bicyclic) bond motifs is 6. The van der Waals surface area contributed by atoms with E-state index in [0.29, 0.717) is 0 Å². The van der Waals surface area contributed by atoms with Crippen LogP contribution in [0.4, 0.5) is 0 Å². The highest BCUT2D eigenvalue weighted by molar-refractivity contribution is 9.10. The Kier molecular flexibility index (Phi) is 6.35. The van der Waals surface area contributed by atoms with Crippen molar-refractivity contribution >= 4 is 43.0 Å². The molecule has 2 heteroatoms. The van der Waals surface area contributed by atoms with Crippen molar-refractivity contribution < 1.29 is 0 Å². The molecule has 0 fully saturated rings. The summed E-state index contributed by atoms with van der Waals surface area (Å²) in [5, 5.41) is 0. The Balaban J connectivity index is 1.36. The van der Waals surface area contributed by atoms with Crippen molar-refractivity contribution in [3.63, 3.8) is 0 Å². The summed E-state index contributed by atoms with van der Waals surface area (Å²) in [7, 11) is 0. The van der Waals surface area contributed by atoms with E-state index in [4.69, 9.17) is 0 Å². The van der Waals surface area contributed by atoms with Crippen LogP contribution in [0.5, 0.6) is 0 Å². The smallest absolute Gasteiger partial charge is 0.0178 e. The third kappa shape index (κ3) is 4.42. The van der Waals surface area contributed by atoms with Gasteiger partial charge in [0.25, 0.3) is 0 Å². The maximum Gasteiger partial charge on any atom is 0.0178 e. The van der Waals surface area contributed by atoms with E-state index in [1.54, 1.807) is 0 Å². The van der Waals surface area contributed by atoms with Gasteiger partial charge in [0.2, 0.25) is 0 Å². The van der Waals surface area contributed by atoms with Crippen LogP contribution in [-0.2, 0) is 12.8 Å². The van der Waals surface area contributed by atoms with Gasteiger partial charge in [0.15, 0.2) is 0 Å². The van der Waals surface area contributed by atoms with Crippen molar-refractivity contribution in [2.75, 3.05) is 0 Å². The van der Waals surface area contributed by atoms with Crippen LogP contribution in [0.2, 0.25) is 0 Å². The standard InChI is InChI=1S/C40H26Br2/c41-33-13-17-37-31(23-33)21-29-19-27(11-15-35(29)37)39(25-7-3-1-4-8-25)40(26-9-5-2-6-10-26)28-12-16-36-30(20-28)22-32-24-34(42)14-18-38(32)36/h1-20,23-24H,21-22H2/b40-39+. The normalized spacial score (nSPS) is 13.2. The van der Waals surface area contributed by atoms with Crippen LogP contribution in [0.25, 0.3) is 33.4 Å². The zero-order valence-corrected chi connectivity index (χ0v) is 26.0. The van der Waals surface area contributed by atoms with Gasteiger partial charge in [-0.1, -0.05) is 141 Å². The molecule has 42 heavy (non-hydrogen) atoms. The Hall–Kier alpha value is -3.98. The molecule has 6 aromatic rings. The van der Waals surface area contributed by atoms with Gasteiger partial charge in [0.1, 0.15) is 0 Å². The Morgan fingerprint density at radius 2 is 0.714 bits per heavy atom. The molecule has 200 valence electrons. The van der Waals surface area contributed by atoms with E-state index in [-0.39, 0.29) is 0 Å². The van der Waals surface area contributed by atoms with Gasteiger partial charge in [-0.05, 0) is 115 Å². The SMILES string of the molecule is Brc1ccc2c(c1)Cc1cc(/C(=C(\c3ccccc3)c3ccc4c(c3)Cc3cc(Br)ccc3-4)c3ccccc3)ccc1-2. The number of rotatable bonds is 4. The van der Waals surface area contributed by atoms with Crippen LogP contribution in [0.3, 0.4) is 0 Å². The van der Waals surface area contributed by atoms with Gasteiger partial charge in [-0.2, -0.15) is 0 Å². The Labute approximate surface area is 263 Å². The summed E-state index contributed by atoms with van der Waals surface area (Å²) < 4.78 is 2.27. The van der Waals surface area contributed by atoms with Crippen molar-refractivity contribution in [3.05, 3.63) is 187 Å². The molecule has 0 bridgehead atoms. The lowest BCUT2D eigenvalue weighted by molar-refractivity contribution is 1.25. The predicted octanol–water partition coefficient (Wildman–Crippen LogP) is 11.4. The van der Waals surface area contributed by atoms with Crippen LogP contribution in [0, 0.1) is 0 Å². The van der Waals surface area contributed by atoms with E-state index >= 15 is 0 Å². The van der Waals surface area contributed by atoms with Gasteiger partial charge in [-0.3, -0.25) is 0 Å². The lowest BCUT2D eigenvalue weighted by Gasteiger charge is -2.19. The number of hydrogen-bond acceptors (Lipinski definition) is 0. The first-order valence-corrected chi connectivity index (χ1v) is 15.9. The van der Waals surface area contributed by atoms with Gasteiger partial charge >= 0.3 is 0 Å². The molecule has 0 saturated heterocycles. The summed E-state index contributed by atoms with van der Waals surface area (Å²) in [5.41, 5.74) is 18.4. The van der Waals surface area contributed by atoms with E-state index < -0.39 is 0 Å². The maximum atomic E-state index is 3.67. The number of halogens is 2. The first-order chi connectivity index (χ1) is 20.6. The predicted molar refractivity (Wildman–Crippen MR) is 183 cm³/mol. The summed E-state index contributed by atoms with van der Waals surface area (Å²) in [4.78, 5) is 0. The van der Waals surface area contributed by atoms with Crippen LogP contribution < -0.4 is 0 Å². The van der Waals surface area contributed by atoms with Crippen molar-refractivity contribution in [1.29, 1.82) is 0 Å². The fourth-order valence-corrected chi connectivity index (χ4v) is 7.61. The average Bonchev–Trinajstić information content (AvgIpc) is 3.56. The topological polar surface area (TPSA) is 0 Å². The maximum absolute atomic E-state index is 3.67. The fraction of sp³-hybridized carbons (Fsp3) is 0.0500. The van der Waals surface area contributed by atoms with Crippen LogP contribution >= 0.6 is 31.9 Å². The zero-order chi connectivity index (χ0) is 28.2. The highest BCUT2D eigenvalue weighted by Gasteiger charge is 2.24. The molecule has 0 amide bonds. The largest absolute Gasteiger partial charge is 0.0622 e. The molecule has 0 heterocycles. The van der Waals surface area contributed by atoms with Gasteiger partial charge in [-0.15, -0.1) is 0 Å². The number of benzene rings is 6. The average molecular weight is 666 g/mol. The van der Waals surface area contributed by atoms with Gasteiger partial charge in [0.05, 0.1) is 0 Å². The summed E-state index contributed by atoms with van der Waals surface area (Å²) in [6.45, 7) is 0. The Bertz CT molecular complexity index is 1890. The molecule has 0 radical (unpaired) electrons. The lowest BCUT2D eigenvalue weighted by atomic mass is 9.84. The molecule has 6 aromatic carbocycles. The van der Waals surface area contributed by atoms with E-state index in [1.807, 2.05) is 0 Å². The van der Waals surface area contributed by atoms with Gasteiger partial charge in [-0.25, -0.2) is 0 Å². The summed E-state index contributed by atoms with van der Waals surface area (Å²) in [6.07, 6.45) is 1.90. The minimum atomic E-state index is 0.952. The first-order valence-electron chi connectivity index (χ1n) is 14.3. The molecule has 0 nitrogen and oxygen atoms in total. The van der Waals surface area contributed by atoms with E-state index in [9.17, 15) is 0 Å². The molecule has 0 aliphatic heterocycles. The van der Waals surface area contributed by atoms with Crippen molar-refractivity contribution in [3.8, 4) is 22.3 Å². The van der Waals surface area contributed by atoms with E-state index in [2.05, 4.69) is 165 Å². The summed E-state index contributed by atoms with van der Waals surface area (Å²) in [6, 6.07) is 49.3. The molecule has 2 aliphatic rings. The second kappa shape index (κ2) is 10.4. The monoisotopic (exact) mass is 664 g/mol. The van der Waals surface area contributed by atoms with Crippen LogP contribution in [-0.4, -0.2) is 0 Å². The van der Waals surface area contributed by atoms with E-state index in [0.717, 1.165) is 21.8 Å². The second-order valence-electron chi connectivity index (χ2n) is 11.2. The lowest BCUT2D eigenvalue weighted by Crippen LogP contribution is -1.99.